The minimum atomic E-state index is 0.257. The summed E-state index contributed by atoms with van der Waals surface area (Å²) >= 11 is 0. The van der Waals surface area contributed by atoms with Gasteiger partial charge in [0.25, 0.3) is 0 Å². The molecule has 0 atom stereocenters. The van der Waals surface area contributed by atoms with Gasteiger partial charge >= 0.3 is 0 Å². The quantitative estimate of drug-likeness (QED) is 0.607. The monoisotopic (exact) mass is 405 g/mol. The SMILES string of the molecule is Cc1nc2nc(NC3CCN(Cc4ccncc4O)CC3)nc(N)c2c2c1CCC2. The number of nitrogens with one attached hydrogen (secondary N) is 1. The van der Waals surface area contributed by atoms with Gasteiger partial charge < -0.3 is 16.2 Å². The molecule has 30 heavy (non-hydrogen) atoms. The van der Waals surface area contributed by atoms with Crippen LogP contribution in [0, 0.1) is 6.92 Å². The maximum atomic E-state index is 9.94. The summed E-state index contributed by atoms with van der Waals surface area (Å²) in [5.74, 6) is 1.35. The van der Waals surface area contributed by atoms with Crippen LogP contribution in [0.15, 0.2) is 18.5 Å². The number of nitrogens with two attached hydrogens (primary N) is 1. The van der Waals surface area contributed by atoms with Gasteiger partial charge in [0.15, 0.2) is 5.65 Å². The minimum absolute atomic E-state index is 0.257. The first-order chi connectivity index (χ1) is 14.6. The molecule has 4 N–H and O–H groups in total. The van der Waals surface area contributed by atoms with Gasteiger partial charge in [-0.25, -0.2) is 4.98 Å². The van der Waals surface area contributed by atoms with Gasteiger partial charge in [-0.1, -0.05) is 0 Å². The number of aromatic hydroxyl groups is 1. The van der Waals surface area contributed by atoms with Gasteiger partial charge in [-0.05, 0) is 56.2 Å². The van der Waals surface area contributed by atoms with Crippen molar-refractivity contribution in [1.29, 1.82) is 0 Å². The predicted octanol–water partition coefficient (Wildman–Crippen LogP) is 2.58. The van der Waals surface area contributed by atoms with Crippen LogP contribution in [0.4, 0.5) is 11.8 Å². The van der Waals surface area contributed by atoms with Crippen LogP contribution in [0.1, 0.15) is 41.6 Å². The second-order valence-corrected chi connectivity index (χ2v) is 8.34. The lowest BCUT2D eigenvalue weighted by Crippen LogP contribution is -2.39. The topological polar surface area (TPSA) is 113 Å². The number of anilines is 2. The van der Waals surface area contributed by atoms with Gasteiger partial charge in [-0.3, -0.25) is 9.88 Å². The molecule has 3 aromatic rings. The molecule has 1 aliphatic carbocycles. The first-order valence-electron chi connectivity index (χ1n) is 10.6. The van der Waals surface area contributed by atoms with Crippen LogP contribution in [0.5, 0.6) is 5.75 Å². The lowest BCUT2D eigenvalue weighted by Gasteiger charge is -2.32. The van der Waals surface area contributed by atoms with Gasteiger partial charge in [0.1, 0.15) is 11.6 Å². The fourth-order valence-electron chi connectivity index (χ4n) is 4.75. The number of hydrogen-bond acceptors (Lipinski definition) is 8. The average Bonchev–Trinajstić information content (AvgIpc) is 3.21. The predicted molar refractivity (Wildman–Crippen MR) is 116 cm³/mol. The molecule has 8 heteroatoms. The molecule has 0 radical (unpaired) electrons. The second-order valence-electron chi connectivity index (χ2n) is 8.34. The number of nitrogens with zero attached hydrogens (tertiary/aromatic N) is 5. The fourth-order valence-corrected chi connectivity index (χ4v) is 4.75. The van der Waals surface area contributed by atoms with E-state index in [4.69, 9.17) is 15.7 Å². The highest BCUT2D eigenvalue weighted by molar-refractivity contribution is 5.91. The Balaban J connectivity index is 1.28. The van der Waals surface area contributed by atoms with E-state index in [1.54, 1.807) is 6.20 Å². The van der Waals surface area contributed by atoms with E-state index in [1.165, 1.54) is 17.3 Å². The molecule has 0 saturated carbocycles. The van der Waals surface area contributed by atoms with Crippen molar-refractivity contribution >= 4 is 22.8 Å². The standard InChI is InChI=1S/C22H27N7O/c1-13-16-3-2-4-17(16)19-20(23)27-22(28-21(19)25-13)26-15-6-9-29(10-7-15)12-14-5-8-24-11-18(14)30/h5,8,11,15,30H,2-4,6-7,9-10,12H2,1H3,(H3,23,25,26,27,28). The Morgan fingerprint density at radius 2 is 1.97 bits per heavy atom. The summed E-state index contributed by atoms with van der Waals surface area (Å²) in [6.45, 7) is 4.67. The molecule has 1 fully saturated rings. The Bertz CT molecular complexity index is 1090. The van der Waals surface area contributed by atoms with Gasteiger partial charge in [0.05, 0.1) is 11.6 Å². The van der Waals surface area contributed by atoms with Crippen LogP contribution in [-0.2, 0) is 19.4 Å². The molecule has 3 aromatic heterocycles. The van der Waals surface area contributed by atoms with Gasteiger partial charge in [0.2, 0.25) is 5.95 Å². The third kappa shape index (κ3) is 3.52. The van der Waals surface area contributed by atoms with Crippen LogP contribution in [0.2, 0.25) is 0 Å². The molecule has 0 amide bonds. The highest BCUT2D eigenvalue weighted by Gasteiger charge is 2.23. The third-order valence-corrected chi connectivity index (χ3v) is 6.35. The van der Waals surface area contributed by atoms with E-state index >= 15 is 0 Å². The lowest BCUT2D eigenvalue weighted by atomic mass is 10.0. The second kappa shape index (κ2) is 7.68. The highest BCUT2D eigenvalue weighted by atomic mass is 16.3. The summed E-state index contributed by atoms with van der Waals surface area (Å²) in [6, 6.07) is 2.16. The van der Waals surface area contributed by atoms with E-state index in [2.05, 4.69) is 27.1 Å². The normalized spacial score (nSPS) is 17.4. The molecular formula is C22H27N7O. The first kappa shape index (κ1) is 19.0. The van der Waals surface area contributed by atoms with Crippen LogP contribution >= 0.6 is 0 Å². The molecule has 1 aliphatic heterocycles. The van der Waals surface area contributed by atoms with Crippen molar-refractivity contribution in [2.24, 2.45) is 0 Å². The minimum Gasteiger partial charge on any atom is -0.506 e. The van der Waals surface area contributed by atoms with Crippen molar-refractivity contribution in [3.63, 3.8) is 0 Å². The van der Waals surface area contributed by atoms with E-state index < -0.39 is 0 Å². The number of aromatic nitrogens is 4. The average molecular weight is 406 g/mol. The smallest absolute Gasteiger partial charge is 0.226 e. The lowest BCUT2D eigenvalue weighted by molar-refractivity contribution is 0.209. The van der Waals surface area contributed by atoms with Crippen molar-refractivity contribution in [1.82, 2.24) is 24.8 Å². The van der Waals surface area contributed by atoms with Crippen LogP contribution in [0.3, 0.4) is 0 Å². The van der Waals surface area contributed by atoms with Crippen molar-refractivity contribution in [2.75, 3.05) is 24.1 Å². The highest BCUT2D eigenvalue weighted by Crippen LogP contribution is 2.33. The Labute approximate surface area is 175 Å². The molecule has 0 aromatic carbocycles. The summed E-state index contributed by atoms with van der Waals surface area (Å²) in [5, 5.41) is 14.3. The number of pyridine rings is 2. The number of nitrogen functional groups attached to an aromatic ring is 1. The van der Waals surface area contributed by atoms with E-state index in [1.807, 2.05) is 6.07 Å². The number of likely N-dealkylation sites (tertiary alicyclic amines) is 1. The largest absolute Gasteiger partial charge is 0.506 e. The van der Waals surface area contributed by atoms with Gasteiger partial charge in [0, 0.05) is 43.1 Å². The molecule has 8 nitrogen and oxygen atoms in total. The zero-order valence-corrected chi connectivity index (χ0v) is 17.2. The molecule has 0 spiro atoms. The van der Waals surface area contributed by atoms with Crippen LogP contribution in [0.25, 0.3) is 11.0 Å². The molecule has 2 aliphatic rings. The fraction of sp³-hybridized carbons (Fsp3) is 0.455. The summed E-state index contributed by atoms with van der Waals surface area (Å²) in [7, 11) is 0. The summed E-state index contributed by atoms with van der Waals surface area (Å²) in [4.78, 5) is 20.3. The van der Waals surface area contributed by atoms with Crippen molar-refractivity contribution in [2.45, 2.75) is 51.6 Å². The summed E-state index contributed by atoms with van der Waals surface area (Å²) in [5.41, 5.74) is 11.6. The number of hydrogen-bond donors (Lipinski definition) is 3. The Morgan fingerprint density at radius 1 is 1.17 bits per heavy atom. The molecule has 0 bridgehead atoms. The van der Waals surface area contributed by atoms with E-state index in [9.17, 15) is 5.11 Å². The number of aryl methyl sites for hydroxylation is 2. The third-order valence-electron chi connectivity index (χ3n) is 6.35. The summed E-state index contributed by atoms with van der Waals surface area (Å²) in [6.07, 6.45) is 8.41. The van der Waals surface area contributed by atoms with Crippen molar-refractivity contribution in [3.05, 3.63) is 40.8 Å². The zero-order chi connectivity index (χ0) is 20.7. The van der Waals surface area contributed by atoms with Gasteiger partial charge in [-0.15, -0.1) is 0 Å². The molecular weight excluding hydrogens is 378 g/mol. The number of piperidine rings is 1. The van der Waals surface area contributed by atoms with Crippen molar-refractivity contribution in [3.8, 4) is 5.75 Å². The Hall–Kier alpha value is -3.00. The van der Waals surface area contributed by atoms with Crippen LogP contribution < -0.4 is 11.1 Å². The molecule has 0 unspecified atom stereocenters. The molecule has 4 heterocycles. The van der Waals surface area contributed by atoms with Crippen molar-refractivity contribution < 1.29 is 5.11 Å². The Kier molecular flexibility index (Phi) is 4.86. The Morgan fingerprint density at radius 3 is 2.77 bits per heavy atom. The maximum Gasteiger partial charge on any atom is 0.226 e. The molecule has 1 saturated heterocycles. The number of fused-ring (bicyclic) bond motifs is 3. The zero-order valence-electron chi connectivity index (χ0n) is 17.2. The van der Waals surface area contributed by atoms with Gasteiger partial charge in [-0.2, -0.15) is 9.97 Å². The molecule has 5 rings (SSSR count). The maximum absolute atomic E-state index is 9.94. The van der Waals surface area contributed by atoms with E-state index in [0.29, 0.717) is 23.5 Å². The van der Waals surface area contributed by atoms with E-state index in [0.717, 1.165) is 68.4 Å². The van der Waals surface area contributed by atoms with Crippen LogP contribution in [-0.4, -0.2) is 49.1 Å². The summed E-state index contributed by atoms with van der Waals surface area (Å²) < 4.78 is 0. The first-order valence-corrected chi connectivity index (χ1v) is 10.6. The molecule has 156 valence electrons. The van der Waals surface area contributed by atoms with E-state index in [-0.39, 0.29) is 5.75 Å². The number of rotatable bonds is 4.